The molecule has 1 amide bonds. The number of carbonyl (C=O) groups excluding carboxylic acids is 1. The van der Waals surface area contributed by atoms with Crippen molar-refractivity contribution in [1.29, 1.82) is 0 Å². The molecule has 0 saturated heterocycles. The molecule has 90 valence electrons. The van der Waals surface area contributed by atoms with Crippen LogP contribution in [-0.4, -0.2) is 48.7 Å². The van der Waals surface area contributed by atoms with Gasteiger partial charge in [-0.1, -0.05) is 0 Å². The Labute approximate surface area is 92.7 Å². The van der Waals surface area contributed by atoms with Gasteiger partial charge in [0.05, 0.1) is 0 Å². The van der Waals surface area contributed by atoms with Crippen molar-refractivity contribution in [3.63, 3.8) is 0 Å². The average molecular weight is 216 g/mol. The van der Waals surface area contributed by atoms with Gasteiger partial charge in [-0.05, 0) is 33.2 Å². The zero-order chi connectivity index (χ0) is 11.5. The second kappa shape index (κ2) is 9.93. The zero-order valence-electron chi connectivity index (χ0n) is 9.96. The topological polar surface area (TPSA) is 52.6 Å². The summed E-state index contributed by atoms with van der Waals surface area (Å²) >= 11 is 0. The normalized spacial score (nSPS) is 10.3. The van der Waals surface area contributed by atoms with Gasteiger partial charge in [-0.15, -0.1) is 0 Å². The molecule has 0 fully saturated rings. The molecule has 0 aliphatic carbocycles. The molecule has 0 aliphatic rings. The van der Waals surface area contributed by atoms with Crippen molar-refractivity contribution in [2.45, 2.75) is 33.1 Å². The van der Waals surface area contributed by atoms with Crippen LogP contribution in [0.1, 0.15) is 33.1 Å². The van der Waals surface area contributed by atoms with Crippen LogP contribution in [0, 0.1) is 0 Å². The first-order valence-electron chi connectivity index (χ1n) is 5.85. The van der Waals surface area contributed by atoms with Crippen LogP contribution in [0.3, 0.4) is 0 Å². The van der Waals surface area contributed by atoms with E-state index in [1.165, 1.54) is 0 Å². The number of amides is 1. The van der Waals surface area contributed by atoms with Gasteiger partial charge in [0.1, 0.15) is 0 Å². The zero-order valence-corrected chi connectivity index (χ0v) is 9.96. The van der Waals surface area contributed by atoms with Crippen molar-refractivity contribution < 1.29 is 9.90 Å². The van der Waals surface area contributed by atoms with E-state index in [9.17, 15) is 4.79 Å². The quantitative estimate of drug-likeness (QED) is 0.555. The first-order valence-corrected chi connectivity index (χ1v) is 5.85. The number of unbranched alkanes of at least 4 members (excludes halogenated alkanes) is 1. The number of nitrogens with zero attached hydrogens (tertiary/aromatic N) is 1. The predicted octanol–water partition coefficient (Wildman–Crippen LogP) is 0.607. The smallest absolute Gasteiger partial charge is 0.223 e. The van der Waals surface area contributed by atoms with Crippen LogP contribution < -0.4 is 5.32 Å². The highest BCUT2D eigenvalue weighted by atomic mass is 16.2. The summed E-state index contributed by atoms with van der Waals surface area (Å²) < 4.78 is 0. The van der Waals surface area contributed by atoms with E-state index in [1.807, 2.05) is 18.7 Å². The molecule has 0 aromatic rings. The Hall–Kier alpha value is -0.610. The lowest BCUT2D eigenvalue weighted by atomic mass is 10.3. The number of nitrogens with one attached hydrogen (secondary N) is 1. The molecular weight excluding hydrogens is 192 g/mol. The second-order valence-corrected chi connectivity index (χ2v) is 3.50. The van der Waals surface area contributed by atoms with Gasteiger partial charge in [0.25, 0.3) is 0 Å². The van der Waals surface area contributed by atoms with Gasteiger partial charge in [-0.25, -0.2) is 0 Å². The van der Waals surface area contributed by atoms with Gasteiger partial charge < -0.3 is 15.3 Å². The molecule has 2 N–H and O–H groups in total. The molecule has 0 unspecified atom stereocenters. The van der Waals surface area contributed by atoms with Crippen LogP contribution in [-0.2, 0) is 4.79 Å². The first-order chi connectivity index (χ1) is 7.26. The number of aliphatic hydroxyl groups excluding tert-OH is 1. The number of hydrogen-bond donors (Lipinski definition) is 2. The molecule has 0 bridgehead atoms. The Bertz CT molecular complexity index is 159. The average Bonchev–Trinajstić information content (AvgIpc) is 2.25. The molecule has 0 aromatic carbocycles. The Kier molecular flexibility index (Phi) is 9.52. The van der Waals surface area contributed by atoms with Crippen LogP contribution in [0.5, 0.6) is 0 Å². The second-order valence-electron chi connectivity index (χ2n) is 3.50. The summed E-state index contributed by atoms with van der Waals surface area (Å²) in [7, 11) is 0. The van der Waals surface area contributed by atoms with E-state index in [-0.39, 0.29) is 12.5 Å². The summed E-state index contributed by atoms with van der Waals surface area (Å²) in [5.41, 5.74) is 0. The Balaban J connectivity index is 3.38. The van der Waals surface area contributed by atoms with Crippen LogP contribution in [0.15, 0.2) is 0 Å². The van der Waals surface area contributed by atoms with Gasteiger partial charge in [0.15, 0.2) is 0 Å². The van der Waals surface area contributed by atoms with E-state index in [2.05, 4.69) is 5.32 Å². The van der Waals surface area contributed by atoms with E-state index in [4.69, 9.17) is 5.11 Å². The highest BCUT2D eigenvalue weighted by molar-refractivity contribution is 5.76. The van der Waals surface area contributed by atoms with Gasteiger partial charge >= 0.3 is 0 Å². The summed E-state index contributed by atoms with van der Waals surface area (Å²) in [5, 5.41) is 11.8. The number of rotatable bonds is 9. The molecular formula is C11H24N2O2. The molecule has 0 aromatic heterocycles. The summed E-state index contributed by atoms with van der Waals surface area (Å²) in [4.78, 5) is 13.4. The maximum Gasteiger partial charge on any atom is 0.223 e. The van der Waals surface area contributed by atoms with E-state index in [0.717, 1.165) is 39.0 Å². The van der Waals surface area contributed by atoms with Gasteiger partial charge in [-0.2, -0.15) is 0 Å². The predicted molar refractivity (Wildman–Crippen MR) is 61.7 cm³/mol. The summed E-state index contributed by atoms with van der Waals surface area (Å²) in [6, 6.07) is 0. The van der Waals surface area contributed by atoms with Crippen LogP contribution >= 0.6 is 0 Å². The largest absolute Gasteiger partial charge is 0.396 e. The Morgan fingerprint density at radius 2 is 1.87 bits per heavy atom. The first kappa shape index (κ1) is 14.4. The fourth-order valence-electron chi connectivity index (χ4n) is 1.42. The molecule has 0 heterocycles. The van der Waals surface area contributed by atoms with E-state index >= 15 is 0 Å². The fourth-order valence-corrected chi connectivity index (χ4v) is 1.42. The van der Waals surface area contributed by atoms with Crippen LogP contribution in [0.25, 0.3) is 0 Å². The van der Waals surface area contributed by atoms with Crippen molar-refractivity contribution in [1.82, 2.24) is 10.2 Å². The van der Waals surface area contributed by atoms with Crippen LogP contribution in [0.4, 0.5) is 0 Å². The lowest BCUT2D eigenvalue weighted by molar-refractivity contribution is -0.130. The molecule has 4 heteroatoms. The lowest BCUT2D eigenvalue weighted by Crippen LogP contribution is -2.33. The fraction of sp³-hybridized carbons (Fsp3) is 0.909. The molecule has 4 nitrogen and oxygen atoms in total. The van der Waals surface area contributed by atoms with Crippen molar-refractivity contribution in [2.24, 2.45) is 0 Å². The van der Waals surface area contributed by atoms with Crippen LogP contribution in [0.2, 0.25) is 0 Å². The molecule has 15 heavy (non-hydrogen) atoms. The molecule has 0 saturated carbocycles. The molecule has 0 aliphatic heterocycles. The maximum absolute atomic E-state index is 11.5. The highest BCUT2D eigenvalue weighted by Crippen LogP contribution is 1.92. The van der Waals surface area contributed by atoms with Crippen molar-refractivity contribution in [2.75, 3.05) is 32.8 Å². The van der Waals surface area contributed by atoms with E-state index in [1.54, 1.807) is 0 Å². The Morgan fingerprint density at radius 3 is 2.40 bits per heavy atom. The van der Waals surface area contributed by atoms with Crippen molar-refractivity contribution in [3.05, 3.63) is 0 Å². The van der Waals surface area contributed by atoms with Gasteiger partial charge in [0.2, 0.25) is 5.91 Å². The van der Waals surface area contributed by atoms with Gasteiger partial charge in [0, 0.05) is 32.7 Å². The van der Waals surface area contributed by atoms with Crippen molar-refractivity contribution >= 4 is 5.91 Å². The standard InChI is InChI=1S/C11H24N2O2/c1-3-13(4-2)11(15)7-9-12-8-5-6-10-14/h12,14H,3-10H2,1-2H3. The third-order valence-corrected chi connectivity index (χ3v) is 2.39. The molecule has 0 radical (unpaired) electrons. The summed E-state index contributed by atoms with van der Waals surface area (Å²) in [6.45, 7) is 7.44. The number of carbonyl (C=O) groups is 1. The SMILES string of the molecule is CCN(CC)C(=O)CCNCCCCO. The van der Waals surface area contributed by atoms with Gasteiger partial charge in [-0.3, -0.25) is 4.79 Å². The lowest BCUT2D eigenvalue weighted by Gasteiger charge is -2.18. The summed E-state index contributed by atoms with van der Waals surface area (Å²) in [5.74, 6) is 0.217. The molecule has 0 spiro atoms. The number of hydrogen-bond acceptors (Lipinski definition) is 3. The molecule has 0 atom stereocenters. The third-order valence-electron chi connectivity index (χ3n) is 2.39. The third kappa shape index (κ3) is 7.33. The molecule has 0 rings (SSSR count). The minimum atomic E-state index is 0.217. The van der Waals surface area contributed by atoms with Crippen molar-refractivity contribution in [3.8, 4) is 0 Å². The minimum Gasteiger partial charge on any atom is -0.396 e. The highest BCUT2D eigenvalue weighted by Gasteiger charge is 2.07. The summed E-state index contributed by atoms with van der Waals surface area (Å²) in [6.07, 6.45) is 2.37. The minimum absolute atomic E-state index is 0.217. The Morgan fingerprint density at radius 1 is 1.20 bits per heavy atom. The number of aliphatic hydroxyl groups is 1. The monoisotopic (exact) mass is 216 g/mol. The van der Waals surface area contributed by atoms with E-state index < -0.39 is 0 Å². The maximum atomic E-state index is 11.5. The van der Waals surface area contributed by atoms with E-state index in [0.29, 0.717) is 6.42 Å².